The normalized spacial score (nSPS) is 10.5. The topological polar surface area (TPSA) is 54.9 Å². The Bertz CT molecular complexity index is 552. The van der Waals surface area contributed by atoms with Gasteiger partial charge in [0.25, 0.3) is 0 Å². The number of aromatic nitrogens is 2. The molecule has 1 amide bonds. The van der Waals surface area contributed by atoms with Crippen LogP contribution >= 0.6 is 0 Å². The third kappa shape index (κ3) is 3.61. The molecule has 0 fully saturated rings. The molecule has 0 saturated carbocycles. The molecule has 0 saturated heterocycles. The van der Waals surface area contributed by atoms with Crippen molar-refractivity contribution in [3.8, 4) is 11.3 Å². The van der Waals surface area contributed by atoms with E-state index in [-0.39, 0.29) is 11.8 Å². The highest BCUT2D eigenvalue weighted by atomic mass is 16.1. The molecule has 0 aliphatic heterocycles. The second kappa shape index (κ2) is 6.09. The first-order valence-corrected chi connectivity index (χ1v) is 6.31. The minimum Gasteiger partial charge on any atom is -0.350 e. The van der Waals surface area contributed by atoms with Crippen molar-refractivity contribution in [2.24, 2.45) is 5.92 Å². The van der Waals surface area contributed by atoms with E-state index in [1.165, 1.54) is 6.33 Å². The minimum atomic E-state index is -0.0181. The number of hydrogen-bond acceptors (Lipinski definition) is 3. The summed E-state index contributed by atoms with van der Waals surface area (Å²) in [4.78, 5) is 19.9. The lowest BCUT2D eigenvalue weighted by molar-refractivity contribution is -0.124. The van der Waals surface area contributed by atoms with Gasteiger partial charge in [0.1, 0.15) is 6.33 Å². The van der Waals surface area contributed by atoms with Crippen molar-refractivity contribution >= 4 is 5.91 Å². The van der Waals surface area contributed by atoms with Crippen molar-refractivity contribution in [1.29, 1.82) is 0 Å². The van der Waals surface area contributed by atoms with E-state index in [4.69, 9.17) is 0 Å². The summed E-state index contributed by atoms with van der Waals surface area (Å²) in [6.07, 6.45) is 1.53. The van der Waals surface area contributed by atoms with E-state index in [9.17, 15) is 4.79 Å². The molecule has 0 spiro atoms. The third-order valence-electron chi connectivity index (χ3n) is 2.76. The zero-order valence-corrected chi connectivity index (χ0v) is 11.1. The van der Waals surface area contributed by atoms with E-state index in [1.54, 1.807) is 0 Å². The van der Waals surface area contributed by atoms with Crippen LogP contribution < -0.4 is 5.32 Å². The molecule has 0 bridgehead atoms. The molecule has 0 aliphatic carbocycles. The predicted molar refractivity (Wildman–Crippen MR) is 74.2 cm³/mol. The average Bonchev–Trinajstić information content (AvgIpc) is 2.46. The molecule has 1 heterocycles. The minimum absolute atomic E-state index is 0.0181. The first-order chi connectivity index (χ1) is 9.16. The van der Waals surface area contributed by atoms with Crippen LogP contribution in [0, 0.1) is 5.92 Å². The van der Waals surface area contributed by atoms with Crippen molar-refractivity contribution < 1.29 is 4.79 Å². The molecule has 0 radical (unpaired) electrons. The summed E-state index contributed by atoms with van der Waals surface area (Å²) >= 11 is 0. The highest BCUT2D eigenvalue weighted by Gasteiger charge is 2.07. The number of carbonyl (C=O) groups is 1. The Hall–Kier alpha value is -2.23. The maximum atomic E-state index is 11.5. The number of amides is 1. The molecule has 1 aromatic heterocycles. The van der Waals surface area contributed by atoms with Gasteiger partial charge >= 0.3 is 0 Å². The number of benzene rings is 1. The smallest absolute Gasteiger partial charge is 0.222 e. The molecular formula is C15H17N3O. The fraction of sp³-hybridized carbons (Fsp3) is 0.267. The molecule has 2 aromatic rings. The van der Waals surface area contributed by atoms with E-state index in [1.807, 2.05) is 50.2 Å². The van der Waals surface area contributed by atoms with Gasteiger partial charge in [-0.1, -0.05) is 44.2 Å². The van der Waals surface area contributed by atoms with Crippen molar-refractivity contribution in [3.05, 3.63) is 48.4 Å². The van der Waals surface area contributed by atoms with Crippen molar-refractivity contribution in [3.63, 3.8) is 0 Å². The van der Waals surface area contributed by atoms with Gasteiger partial charge < -0.3 is 5.32 Å². The molecule has 4 nitrogen and oxygen atoms in total. The van der Waals surface area contributed by atoms with Crippen LogP contribution in [0.3, 0.4) is 0 Å². The van der Waals surface area contributed by atoms with Crippen LogP contribution in [0.2, 0.25) is 0 Å². The molecule has 19 heavy (non-hydrogen) atoms. The average molecular weight is 255 g/mol. The lowest BCUT2D eigenvalue weighted by atomic mass is 10.1. The van der Waals surface area contributed by atoms with Gasteiger partial charge in [-0.3, -0.25) is 4.79 Å². The second-order valence-corrected chi connectivity index (χ2v) is 4.63. The van der Waals surface area contributed by atoms with Crippen molar-refractivity contribution in [2.45, 2.75) is 20.4 Å². The lowest BCUT2D eigenvalue weighted by Crippen LogP contribution is -2.27. The first-order valence-electron chi connectivity index (χ1n) is 6.31. The van der Waals surface area contributed by atoms with Crippen LogP contribution in [0.15, 0.2) is 42.7 Å². The molecule has 1 aromatic carbocycles. The van der Waals surface area contributed by atoms with E-state index in [0.29, 0.717) is 6.54 Å². The number of rotatable bonds is 4. The Kier molecular flexibility index (Phi) is 4.23. The van der Waals surface area contributed by atoms with E-state index < -0.39 is 0 Å². The Morgan fingerprint density at radius 3 is 2.63 bits per heavy atom. The van der Waals surface area contributed by atoms with E-state index in [0.717, 1.165) is 17.0 Å². The zero-order chi connectivity index (χ0) is 13.7. The van der Waals surface area contributed by atoms with Crippen LogP contribution in [-0.4, -0.2) is 15.9 Å². The Balaban J connectivity index is 2.10. The maximum Gasteiger partial charge on any atom is 0.222 e. The highest BCUT2D eigenvalue weighted by Crippen LogP contribution is 2.15. The van der Waals surface area contributed by atoms with Gasteiger partial charge in [-0.25, -0.2) is 9.97 Å². The van der Waals surface area contributed by atoms with Gasteiger partial charge in [-0.2, -0.15) is 0 Å². The van der Waals surface area contributed by atoms with Gasteiger partial charge in [-0.05, 0) is 6.07 Å². The van der Waals surface area contributed by atoms with Crippen molar-refractivity contribution in [2.75, 3.05) is 0 Å². The summed E-state index contributed by atoms with van der Waals surface area (Å²) in [7, 11) is 0. The fourth-order valence-electron chi connectivity index (χ4n) is 1.64. The van der Waals surface area contributed by atoms with Gasteiger partial charge in [0.05, 0.1) is 17.9 Å². The highest BCUT2D eigenvalue weighted by molar-refractivity contribution is 5.77. The van der Waals surface area contributed by atoms with Crippen LogP contribution in [0.5, 0.6) is 0 Å². The Morgan fingerprint density at radius 1 is 1.21 bits per heavy atom. The van der Waals surface area contributed by atoms with Crippen LogP contribution in [0.25, 0.3) is 11.3 Å². The molecule has 4 heteroatoms. The zero-order valence-electron chi connectivity index (χ0n) is 11.1. The third-order valence-corrected chi connectivity index (χ3v) is 2.76. The van der Waals surface area contributed by atoms with Crippen LogP contribution in [0.4, 0.5) is 0 Å². The van der Waals surface area contributed by atoms with E-state index >= 15 is 0 Å². The summed E-state index contributed by atoms with van der Waals surface area (Å²) in [6, 6.07) is 11.8. The quantitative estimate of drug-likeness (QED) is 0.912. The maximum absolute atomic E-state index is 11.5. The Morgan fingerprint density at radius 2 is 1.95 bits per heavy atom. The van der Waals surface area contributed by atoms with Gasteiger partial charge in [0, 0.05) is 11.5 Å². The first kappa shape index (κ1) is 13.2. The number of hydrogen-bond donors (Lipinski definition) is 1. The molecule has 98 valence electrons. The molecule has 2 rings (SSSR count). The predicted octanol–water partition coefficient (Wildman–Crippen LogP) is 2.42. The molecule has 0 aliphatic rings. The lowest BCUT2D eigenvalue weighted by Gasteiger charge is -2.08. The SMILES string of the molecule is CC(C)C(=O)NCc1cc(-c2ccccc2)ncn1. The van der Waals surface area contributed by atoms with Crippen LogP contribution in [0.1, 0.15) is 19.5 Å². The standard InChI is InChI=1S/C15H17N3O/c1-11(2)15(19)16-9-13-8-14(18-10-17-13)12-6-4-3-5-7-12/h3-8,10-11H,9H2,1-2H3,(H,16,19). The van der Waals surface area contributed by atoms with Gasteiger partial charge in [0.15, 0.2) is 0 Å². The summed E-state index contributed by atoms with van der Waals surface area (Å²) in [6.45, 7) is 4.16. The summed E-state index contributed by atoms with van der Waals surface area (Å²) in [5.41, 5.74) is 2.72. The largest absolute Gasteiger partial charge is 0.350 e. The monoisotopic (exact) mass is 255 g/mol. The fourth-order valence-corrected chi connectivity index (χ4v) is 1.64. The van der Waals surface area contributed by atoms with Gasteiger partial charge in [0.2, 0.25) is 5.91 Å². The number of nitrogens with one attached hydrogen (secondary N) is 1. The van der Waals surface area contributed by atoms with Crippen molar-refractivity contribution in [1.82, 2.24) is 15.3 Å². The molecule has 0 atom stereocenters. The Labute approximate surface area is 112 Å². The molecule has 0 unspecified atom stereocenters. The van der Waals surface area contributed by atoms with Crippen LogP contribution in [-0.2, 0) is 11.3 Å². The number of carbonyl (C=O) groups excluding carboxylic acids is 1. The second-order valence-electron chi connectivity index (χ2n) is 4.63. The summed E-state index contributed by atoms with van der Waals surface area (Å²) in [5, 5.41) is 2.85. The molecular weight excluding hydrogens is 238 g/mol. The van der Waals surface area contributed by atoms with Gasteiger partial charge in [-0.15, -0.1) is 0 Å². The summed E-state index contributed by atoms with van der Waals surface area (Å²) in [5.74, 6) is 0.00954. The molecule has 1 N–H and O–H groups in total. The van der Waals surface area contributed by atoms with E-state index in [2.05, 4.69) is 15.3 Å². The summed E-state index contributed by atoms with van der Waals surface area (Å²) < 4.78 is 0. The number of nitrogens with zero attached hydrogens (tertiary/aromatic N) is 2.